The Hall–Kier alpha value is -1.90. The van der Waals surface area contributed by atoms with E-state index in [0.29, 0.717) is 5.92 Å². The van der Waals surface area contributed by atoms with Crippen LogP contribution in [0.3, 0.4) is 0 Å². The van der Waals surface area contributed by atoms with Gasteiger partial charge >= 0.3 is 0 Å². The third kappa shape index (κ3) is 2.60. The van der Waals surface area contributed by atoms with Gasteiger partial charge in [-0.3, -0.25) is 0 Å². The van der Waals surface area contributed by atoms with Gasteiger partial charge in [-0.05, 0) is 42.5 Å². The summed E-state index contributed by atoms with van der Waals surface area (Å²) < 4.78 is 26.5. The first-order chi connectivity index (χ1) is 9.22. The highest BCUT2D eigenvalue weighted by Crippen LogP contribution is 2.38. The number of hydrogen-bond acceptors (Lipinski definition) is 1. The Kier molecular flexibility index (Phi) is 3.20. The maximum atomic E-state index is 13.5. The molecule has 1 saturated carbocycles. The molecular weight excluding hydrogens is 244 g/mol. The molecule has 0 amide bonds. The van der Waals surface area contributed by atoms with Gasteiger partial charge in [-0.25, -0.2) is 8.78 Å². The highest BCUT2D eigenvalue weighted by Gasteiger charge is 2.30. The van der Waals surface area contributed by atoms with Crippen molar-refractivity contribution in [1.82, 2.24) is 0 Å². The van der Waals surface area contributed by atoms with E-state index in [0.717, 1.165) is 25.0 Å². The standard InChI is InChI=1S/C16H15F2N/c17-13-6-7-15(18)16(10-13)19-14-8-12(9-14)11-4-2-1-3-5-11/h1-7,10,12,14,19H,8-9H2. The zero-order valence-corrected chi connectivity index (χ0v) is 10.4. The van der Waals surface area contributed by atoms with Crippen LogP contribution in [-0.2, 0) is 0 Å². The average Bonchev–Trinajstić information content (AvgIpc) is 2.38. The minimum Gasteiger partial charge on any atom is -0.380 e. The molecule has 3 heteroatoms. The van der Waals surface area contributed by atoms with Gasteiger partial charge in [0.25, 0.3) is 0 Å². The fourth-order valence-corrected chi connectivity index (χ4v) is 2.56. The molecule has 0 aromatic heterocycles. The van der Waals surface area contributed by atoms with E-state index in [1.807, 2.05) is 18.2 Å². The van der Waals surface area contributed by atoms with Gasteiger partial charge in [0.05, 0.1) is 5.69 Å². The van der Waals surface area contributed by atoms with E-state index in [1.54, 1.807) is 0 Å². The molecule has 0 aliphatic heterocycles. The van der Waals surface area contributed by atoms with Crippen molar-refractivity contribution in [3.8, 4) is 0 Å². The molecule has 0 saturated heterocycles. The number of nitrogens with one attached hydrogen (secondary N) is 1. The number of rotatable bonds is 3. The Morgan fingerprint density at radius 3 is 2.42 bits per heavy atom. The van der Waals surface area contributed by atoms with Crippen LogP contribution >= 0.6 is 0 Å². The van der Waals surface area contributed by atoms with E-state index < -0.39 is 11.6 Å². The third-order valence-corrected chi connectivity index (χ3v) is 3.70. The average molecular weight is 259 g/mol. The van der Waals surface area contributed by atoms with Crippen molar-refractivity contribution in [3.05, 3.63) is 65.7 Å². The number of halogens is 2. The van der Waals surface area contributed by atoms with Gasteiger partial charge in [0.15, 0.2) is 0 Å². The molecule has 98 valence electrons. The topological polar surface area (TPSA) is 12.0 Å². The molecule has 1 nitrogen and oxygen atoms in total. The molecular formula is C16H15F2N. The van der Waals surface area contributed by atoms with Crippen molar-refractivity contribution in [2.75, 3.05) is 5.32 Å². The minimum atomic E-state index is -0.414. The molecule has 0 bridgehead atoms. The lowest BCUT2D eigenvalue weighted by molar-refractivity contribution is 0.372. The largest absolute Gasteiger partial charge is 0.380 e. The van der Waals surface area contributed by atoms with Gasteiger partial charge in [-0.15, -0.1) is 0 Å². The first-order valence-electron chi connectivity index (χ1n) is 6.49. The Morgan fingerprint density at radius 2 is 1.68 bits per heavy atom. The van der Waals surface area contributed by atoms with E-state index in [2.05, 4.69) is 17.4 Å². The van der Waals surface area contributed by atoms with Gasteiger partial charge in [0, 0.05) is 6.04 Å². The van der Waals surface area contributed by atoms with Gasteiger partial charge < -0.3 is 5.32 Å². The van der Waals surface area contributed by atoms with Gasteiger partial charge in [0.2, 0.25) is 0 Å². The molecule has 3 rings (SSSR count). The molecule has 2 aromatic carbocycles. The fraction of sp³-hybridized carbons (Fsp3) is 0.250. The van der Waals surface area contributed by atoms with Crippen LogP contribution in [0.2, 0.25) is 0 Å². The lowest BCUT2D eigenvalue weighted by atomic mass is 9.76. The summed E-state index contributed by atoms with van der Waals surface area (Å²) in [6.45, 7) is 0. The minimum absolute atomic E-state index is 0.224. The van der Waals surface area contributed by atoms with Crippen LogP contribution in [0.4, 0.5) is 14.5 Å². The van der Waals surface area contributed by atoms with Crippen LogP contribution in [0.1, 0.15) is 24.3 Å². The zero-order valence-electron chi connectivity index (χ0n) is 10.4. The van der Waals surface area contributed by atoms with Crippen molar-refractivity contribution in [3.63, 3.8) is 0 Å². The van der Waals surface area contributed by atoms with E-state index in [9.17, 15) is 8.78 Å². The lowest BCUT2D eigenvalue weighted by Crippen LogP contribution is -2.34. The summed E-state index contributed by atoms with van der Waals surface area (Å²) in [4.78, 5) is 0. The van der Waals surface area contributed by atoms with E-state index in [-0.39, 0.29) is 11.7 Å². The van der Waals surface area contributed by atoms with Gasteiger partial charge in [0.1, 0.15) is 11.6 Å². The summed E-state index contributed by atoms with van der Waals surface area (Å²) in [6, 6.07) is 14.0. The fourth-order valence-electron chi connectivity index (χ4n) is 2.56. The van der Waals surface area contributed by atoms with Crippen LogP contribution in [0.25, 0.3) is 0 Å². The third-order valence-electron chi connectivity index (χ3n) is 3.70. The van der Waals surface area contributed by atoms with E-state index >= 15 is 0 Å². The molecule has 0 radical (unpaired) electrons. The van der Waals surface area contributed by atoms with Gasteiger partial charge in [-0.1, -0.05) is 30.3 Å². The Bertz CT molecular complexity index is 562. The molecule has 0 heterocycles. The molecule has 1 aliphatic rings. The van der Waals surface area contributed by atoms with Crippen LogP contribution < -0.4 is 5.32 Å². The lowest BCUT2D eigenvalue weighted by Gasteiger charge is -2.37. The maximum Gasteiger partial charge on any atom is 0.146 e. The summed E-state index contributed by atoms with van der Waals surface area (Å²) >= 11 is 0. The molecule has 0 atom stereocenters. The summed E-state index contributed by atoms with van der Waals surface area (Å²) in [7, 11) is 0. The molecule has 1 aliphatic carbocycles. The summed E-state index contributed by atoms with van der Waals surface area (Å²) in [5.41, 5.74) is 1.58. The van der Waals surface area contributed by atoms with Crippen molar-refractivity contribution in [1.29, 1.82) is 0 Å². The molecule has 2 aromatic rings. The predicted octanol–water partition coefficient (Wildman–Crippen LogP) is 4.32. The molecule has 0 unspecified atom stereocenters. The predicted molar refractivity (Wildman–Crippen MR) is 72.2 cm³/mol. The smallest absolute Gasteiger partial charge is 0.146 e. The molecule has 0 spiro atoms. The Morgan fingerprint density at radius 1 is 0.947 bits per heavy atom. The zero-order chi connectivity index (χ0) is 13.2. The molecule has 1 fully saturated rings. The Balaban J connectivity index is 1.61. The molecule has 1 N–H and O–H groups in total. The summed E-state index contributed by atoms with van der Waals surface area (Å²) in [5.74, 6) is -0.289. The second-order valence-electron chi connectivity index (χ2n) is 5.04. The first kappa shape index (κ1) is 12.2. The van der Waals surface area contributed by atoms with Crippen LogP contribution in [0.15, 0.2) is 48.5 Å². The highest BCUT2D eigenvalue weighted by atomic mass is 19.1. The highest BCUT2D eigenvalue weighted by molar-refractivity contribution is 5.46. The van der Waals surface area contributed by atoms with Crippen LogP contribution in [0.5, 0.6) is 0 Å². The number of benzene rings is 2. The Labute approximate surface area is 111 Å². The monoisotopic (exact) mass is 259 g/mol. The number of hydrogen-bond donors (Lipinski definition) is 1. The van der Waals surface area contributed by atoms with Crippen molar-refractivity contribution < 1.29 is 8.78 Å². The first-order valence-corrected chi connectivity index (χ1v) is 6.49. The second-order valence-corrected chi connectivity index (χ2v) is 5.04. The van der Waals surface area contributed by atoms with Crippen molar-refractivity contribution in [2.45, 2.75) is 24.8 Å². The van der Waals surface area contributed by atoms with Crippen LogP contribution in [-0.4, -0.2) is 6.04 Å². The van der Waals surface area contributed by atoms with Crippen molar-refractivity contribution in [2.24, 2.45) is 0 Å². The van der Waals surface area contributed by atoms with Crippen molar-refractivity contribution >= 4 is 5.69 Å². The normalized spacial score (nSPS) is 21.8. The maximum absolute atomic E-state index is 13.5. The van der Waals surface area contributed by atoms with E-state index in [4.69, 9.17) is 0 Å². The van der Waals surface area contributed by atoms with E-state index in [1.165, 1.54) is 11.6 Å². The van der Waals surface area contributed by atoms with Crippen LogP contribution in [0, 0.1) is 11.6 Å². The number of anilines is 1. The van der Waals surface area contributed by atoms with Gasteiger partial charge in [-0.2, -0.15) is 0 Å². The SMILES string of the molecule is Fc1ccc(F)c(NC2CC(c3ccccc3)C2)c1. The second kappa shape index (κ2) is 5.00. The summed E-state index contributed by atoms with van der Waals surface area (Å²) in [6.07, 6.45) is 1.92. The summed E-state index contributed by atoms with van der Waals surface area (Å²) in [5, 5.41) is 3.07. The molecule has 19 heavy (non-hydrogen) atoms. The quantitative estimate of drug-likeness (QED) is 0.865.